The van der Waals surface area contributed by atoms with Gasteiger partial charge in [0.15, 0.2) is 11.5 Å². The van der Waals surface area contributed by atoms with Gasteiger partial charge < -0.3 is 24.5 Å². The number of H-pyrrole nitrogens is 1. The SMILES string of the molecule is CCOC(=O)c1c(C)[nH]c2cc(OC)c(O)c(CN(C)C)c12. The lowest BCUT2D eigenvalue weighted by Crippen LogP contribution is -2.13. The number of phenolic OH excluding ortho intramolecular Hbond substituents is 1. The van der Waals surface area contributed by atoms with E-state index in [1.807, 2.05) is 25.9 Å². The average molecular weight is 306 g/mol. The number of fused-ring (bicyclic) bond motifs is 1. The molecule has 0 radical (unpaired) electrons. The zero-order valence-electron chi connectivity index (χ0n) is 13.6. The molecule has 1 aromatic carbocycles. The maximum absolute atomic E-state index is 12.3. The largest absolute Gasteiger partial charge is 0.504 e. The minimum atomic E-state index is -0.393. The Morgan fingerprint density at radius 3 is 2.64 bits per heavy atom. The van der Waals surface area contributed by atoms with Crippen LogP contribution in [0, 0.1) is 6.92 Å². The predicted molar refractivity (Wildman–Crippen MR) is 84.6 cm³/mol. The lowest BCUT2D eigenvalue weighted by molar-refractivity contribution is 0.0528. The van der Waals surface area contributed by atoms with Crippen LogP contribution in [0.5, 0.6) is 11.5 Å². The third kappa shape index (κ3) is 2.74. The van der Waals surface area contributed by atoms with E-state index < -0.39 is 5.97 Å². The van der Waals surface area contributed by atoms with E-state index in [1.54, 1.807) is 13.0 Å². The number of ether oxygens (including phenoxy) is 2. The third-order valence-corrected chi connectivity index (χ3v) is 3.49. The summed E-state index contributed by atoms with van der Waals surface area (Å²) in [5.41, 5.74) is 2.56. The Kier molecular flexibility index (Phi) is 4.61. The number of esters is 1. The van der Waals surface area contributed by atoms with Gasteiger partial charge in [-0.1, -0.05) is 0 Å². The fourth-order valence-electron chi connectivity index (χ4n) is 2.62. The van der Waals surface area contributed by atoms with Crippen molar-refractivity contribution in [3.05, 3.63) is 22.9 Å². The lowest BCUT2D eigenvalue weighted by atomic mass is 10.0. The normalized spacial score (nSPS) is 11.2. The molecule has 0 aliphatic rings. The molecule has 0 fully saturated rings. The molecule has 0 spiro atoms. The highest BCUT2D eigenvalue weighted by Gasteiger charge is 2.24. The highest BCUT2D eigenvalue weighted by atomic mass is 16.5. The summed E-state index contributed by atoms with van der Waals surface area (Å²) in [5, 5.41) is 11.1. The Morgan fingerprint density at radius 2 is 2.09 bits per heavy atom. The molecule has 0 amide bonds. The fraction of sp³-hybridized carbons (Fsp3) is 0.438. The molecule has 6 nitrogen and oxygen atoms in total. The second kappa shape index (κ2) is 6.27. The van der Waals surface area contributed by atoms with Crippen molar-refractivity contribution < 1.29 is 19.4 Å². The molecule has 0 bridgehead atoms. The molecule has 120 valence electrons. The third-order valence-electron chi connectivity index (χ3n) is 3.49. The quantitative estimate of drug-likeness (QED) is 0.830. The van der Waals surface area contributed by atoms with Crippen LogP contribution in [0.25, 0.3) is 10.9 Å². The van der Waals surface area contributed by atoms with Crippen molar-refractivity contribution in [2.75, 3.05) is 27.8 Å². The van der Waals surface area contributed by atoms with Crippen molar-refractivity contribution in [3.8, 4) is 11.5 Å². The molecule has 22 heavy (non-hydrogen) atoms. The van der Waals surface area contributed by atoms with Crippen LogP contribution in [0.15, 0.2) is 6.07 Å². The first-order valence-corrected chi connectivity index (χ1v) is 7.13. The monoisotopic (exact) mass is 306 g/mol. The molecule has 1 aromatic heterocycles. The number of carbonyl (C=O) groups excluding carboxylic acids is 1. The van der Waals surface area contributed by atoms with Crippen LogP contribution >= 0.6 is 0 Å². The summed E-state index contributed by atoms with van der Waals surface area (Å²) < 4.78 is 10.4. The second-order valence-electron chi connectivity index (χ2n) is 5.41. The van der Waals surface area contributed by atoms with Crippen LogP contribution in [0.4, 0.5) is 0 Å². The minimum Gasteiger partial charge on any atom is -0.504 e. The van der Waals surface area contributed by atoms with Crippen LogP contribution in [0.1, 0.15) is 28.5 Å². The Labute approximate surface area is 129 Å². The number of nitrogens with zero attached hydrogens (tertiary/aromatic N) is 1. The topological polar surface area (TPSA) is 74.8 Å². The molecule has 0 saturated heterocycles. The smallest absolute Gasteiger partial charge is 0.340 e. The van der Waals surface area contributed by atoms with E-state index in [1.165, 1.54) is 7.11 Å². The average Bonchev–Trinajstić information content (AvgIpc) is 2.77. The first-order valence-electron chi connectivity index (χ1n) is 7.13. The molecule has 2 N–H and O–H groups in total. The Balaban J connectivity index is 2.79. The molecular formula is C16H22N2O4. The van der Waals surface area contributed by atoms with Crippen LogP contribution in [0.2, 0.25) is 0 Å². The molecule has 2 aromatic rings. The number of benzene rings is 1. The fourth-order valence-corrected chi connectivity index (χ4v) is 2.62. The first kappa shape index (κ1) is 16.2. The van der Waals surface area contributed by atoms with E-state index in [4.69, 9.17) is 9.47 Å². The maximum Gasteiger partial charge on any atom is 0.340 e. The van der Waals surface area contributed by atoms with Crippen LogP contribution in [0.3, 0.4) is 0 Å². The highest BCUT2D eigenvalue weighted by molar-refractivity contribution is 6.08. The van der Waals surface area contributed by atoms with Gasteiger partial charge in [-0.05, 0) is 27.9 Å². The van der Waals surface area contributed by atoms with Gasteiger partial charge in [-0.2, -0.15) is 0 Å². The van der Waals surface area contributed by atoms with Gasteiger partial charge in [0.25, 0.3) is 0 Å². The van der Waals surface area contributed by atoms with E-state index in [-0.39, 0.29) is 5.75 Å². The van der Waals surface area contributed by atoms with Gasteiger partial charge in [-0.15, -0.1) is 0 Å². The molecular weight excluding hydrogens is 284 g/mol. The molecule has 2 rings (SSSR count). The summed E-state index contributed by atoms with van der Waals surface area (Å²) in [4.78, 5) is 17.4. The molecule has 0 atom stereocenters. The lowest BCUT2D eigenvalue weighted by Gasteiger charge is -2.15. The van der Waals surface area contributed by atoms with Crippen molar-refractivity contribution in [1.82, 2.24) is 9.88 Å². The van der Waals surface area contributed by atoms with Gasteiger partial charge in [0.05, 0.1) is 24.8 Å². The zero-order chi connectivity index (χ0) is 16.4. The number of rotatable bonds is 5. The van der Waals surface area contributed by atoms with Crippen LogP contribution in [-0.2, 0) is 11.3 Å². The number of methoxy groups -OCH3 is 1. The van der Waals surface area contributed by atoms with E-state index in [0.29, 0.717) is 41.1 Å². The summed E-state index contributed by atoms with van der Waals surface area (Å²) in [6.07, 6.45) is 0. The summed E-state index contributed by atoms with van der Waals surface area (Å²) in [7, 11) is 5.30. The molecule has 0 aliphatic carbocycles. The van der Waals surface area contributed by atoms with Crippen molar-refractivity contribution in [3.63, 3.8) is 0 Å². The number of phenols is 1. The van der Waals surface area contributed by atoms with Crippen molar-refractivity contribution in [2.24, 2.45) is 0 Å². The van der Waals surface area contributed by atoms with Crippen molar-refractivity contribution >= 4 is 16.9 Å². The van der Waals surface area contributed by atoms with Crippen LogP contribution in [-0.4, -0.2) is 48.8 Å². The van der Waals surface area contributed by atoms with Gasteiger partial charge in [-0.25, -0.2) is 4.79 Å². The van der Waals surface area contributed by atoms with E-state index >= 15 is 0 Å². The number of aromatic nitrogens is 1. The molecule has 0 aliphatic heterocycles. The number of aryl methyl sites for hydroxylation is 1. The van der Waals surface area contributed by atoms with Gasteiger partial charge in [0.2, 0.25) is 0 Å². The summed E-state index contributed by atoms with van der Waals surface area (Å²) in [6.45, 7) is 4.36. The van der Waals surface area contributed by atoms with Crippen molar-refractivity contribution in [1.29, 1.82) is 0 Å². The van der Waals surface area contributed by atoms with Crippen LogP contribution < -0.4 is 4.74 Å². The summed E-state index contributed by atoms with van der Waals surface area (Å²) >= 11 is 0. The van der Waals surface area contributed by atoms with Gasteiger partial charge in [0, 0.05) is 29.3 Å². The van der Waals surface area contributed by atoms with Gasteiger partial charge >= 0.3 is 5.97 Å². The number of aromatic amines is 1. The van der Waals surface area contributed by atoms with E-state index in [9.17, 15) is 9.90 Å². The van der Waals surface area contributed by atoms with E-state index in [2.05, 4.69) is 4.98 Å². The van der Waals surface area contributed by atoms with Gasteiger partial charge in [0.1, 0.15) is 0 Å². The Morgan fingerprint density at radius 1 is 1.41 bits per heavy atom. The van der Waals surface area contributed by atoms with Crippen molar-refractivity contribution in [2.45, 2.75) is 20.4 Å². The van der Waals surface area contributed by atoms with Gasteiger partial charge in [-0.3, -0.25) is 0 Å². The van der Waals surface area contributed by atoms with E-state index in [0.717, 1.165) is 5.52 Å². The highest BCUT2D eigenvalue weighted by Crippen LogP contribution is 2.39. The first-order chi connectivity index (χ1) is 10.4. The summed E-state index contributed by atoms with van der Waals surface area (Å²) in [5.74, 6) is 0.0325. The number of carbonyl (C=O) groups is 1. The molecule has 1 heterocycles. The second-order valence-corrected chi connectivity index (χ2v) is 5.41. The number of hydrogen-bond acceptors (Lipinski definition) is 5. The molecule has 6 heteroatoms. The number of aromatic hydroxyl groups is 1. The standard InChI is InChI=1S/C16H22N2O4/c1-6-22-16(20)13-9(2)17-11-7-12(21-5)15(19)10(14(11)13)8-18(3)4/h7,17,19H,6,8H2,1-5H3. The number of nitrogens with one attached hydrogen (secondary N) is 1. The maximum atomic E-state index is 12.3. The summed E-state index contributed by atoms with van der Waals surface area (Å²) in [6, 6.07) is 1.69. The predicted octanol–water partition coefficient (Wildman–Crippen LogP) is 2.43. The Bertz CT molecular complexity index is 704. The minimum absolute atomic E-state index is 0.0493. The zero-order valence-corrected chi connectivity index (χ0v) is 13.6. The molecule has 0 saturated carbocycles. The Hall–Kier alpha value is -2.21. The molecule has 0 unspecified atom stereocenters. The number of hydrogen-bond donors (Lipinski definition) is 2.